The zero-order valence-corrected chi connectivity index (χ0v) is 11.7. The first kappa shape index (κ1) is 13.3. The molecule has 0 aromatic carbocycles. The van der Waals surface area contributed by atoms with Crippen LogP contribution in [0.25, 0.3) is 0 Å². The fourth-order valence-corrected chi connectivity index (χ4v) is 2.58. The molecule has 0 aliphatic heterocycles. The molecule has 0 spiro atoms. The lowest BCUT2D eigenvalue weighted by atomic mass is 9.94. The van der Waals surface area contributed by atoms with Gasteiger partial charge in [-0.15, -0.1) is 10.2 Å². The lowest BCUT2D eigenvalue weighted by Crippen LogP contribution is -2.27. The van der Waals surface area contributed by atoms with Crippen molar-refractivity contribution in [1.82, 2.24) is 19.7 Å². The standard InChI is InChI=1S/C14H24N4/c1-12(2)18-11-15-16-14(18)10-17(3)9-13-7-5-4-6-8-13/h4-5,11-13H,6-10H2,1-3H3. The molecule has 1 heterocycles. The highest BCUT2D eigenvalue weighted by atomic mass is 15.3. The van der Waals surface area contributed by atoms with Crippen LogP contribution in [0.1, 0.15) is 45.0 Å². The van der Waals surface area contributed by atoms with Crippen molar-refractivity contribution in [2.24, 2.45) is 5.92 Å². The zero-order chi connectivity index (χ0) is 13.0. The first-order valence-electron chi connectivity index (χ1n) is 6.88. The fraction of sp³-hybridized carbons (Fsp3) is 0.714. The Kier molecular flexibility index (Phi) is 4.53. The molecule has 1 atom stereocenters. The Morgan fingerprint density at radius 1 is 1.44 bits per heavy atom. The third-order valence-electron chi connectivity index (χ3n) is 3.56. The second-order valence-corrected chi connectivity index (χ2v) is 5.60. The van der Waals surface area contributed by atoms with E-state index in [4.69, 9.17) is 0 Å². The van der Waals surface area contributed by atoms with Gasteiger partial charge in [0.05, 0.1) is 6.54 Å². The summed E-state index contributed by atoms with van der Waals surface area (Å²) >= 11 is 0. The Morgan fingerprint density at radius 3 is 2.94 bits per heavy atom. The predicted octanol–water partition coefficient (Wildman–Crippen LogP) is 2.65. The van der Waals surface area contributed by atoms with Crippen LogP contribution in [0, 0.1) is 5.92 Å². The van der Waals surface area contributed by atoms with Gasteiger partial charge in [-0.3, -0.25) is 4.90 Å². The minimum Gasteiger partial charge on any atom is -0.314 e. The van der Waals surface area contributed by atoms with Gasteiger partial charge in [0.1, 0.15) is 12.2 Å². The second-order valence-electron chi connectivity index (χ2n) is 5.60. The van der Waals surface area contributed by atoms with E-state index in [1.807, 2.05) is 6.33 Å². The summed E-state index contributed by atoms with van der Waals surface area (Å²) in [5.74, 6) is 1.87. The number of hydrogen-bond acceptors (Lipinski definition) is 3. The van der Waals surface area contributed by atoms with E-state index in [9.17, 15) is 0 Å². The molecule has 0 saturated carbocycles. The lowest BCUT2D eigenvalue weighted by molar-refractivity contribution is 0.249. The molecule has 0 saturated heterocycles. The maximum atomic E-state index is 4.23. The summed E-state index contributed by atoms with van der Waals surface area (Å²) in [6, 6.07) is 0.431. The quantitative estimate of drug-likeness (QED) is 0.751. The molecule has 1 aromatic heterocycles. The van der Waals surface area contributed by atoms with Crippen LogP contribution in [0.4, 0.5) is 0 Å². The van der Waals surface area contributed by atoms with Gasteiger partial charge in [-0.1, -0.05) is 12.2 Å². The number of nitrogens with zero attached hydrogens (tertiary/aromatic N) is 4. The summed E-state index contributed by atoms with van der Waals surface area (Å²) in [7, 11) is 2.18. The van der Waals surface area contributed by atoms with Crippen molar-refractivity contribution in [2.75, 3.05) is 13.6 Å². The molecule has 4 heteroatoms. The Morgan fingerprint density at radius 2 is 2.28 bits per heavy atom. The Balaban J connectivity index is 1.88. The summed E-state index contributed by atoms with van der Waals surface area (Å²) in [6.45, 7) is 6.37. The monoisotopic (exact) mass is 248 g/mol. The zero-order valence-electron chi connectivity index (χ0n) is 11.7. The summed E-state index contributed by atoms with van der Waals surface area (Å²) in [6.07, 6.45) is 10.2. The first-order valence-corrected chi connectivity index (χ1v) is 6.88. The first-order chi connectivity index (χ1) is 8.66. The average Bonchev–Trinajstić information content (AvgIpc) is 2.78. The van der Waals surface area contributed by atoms with Gasteiger partial charge >= 0.3 is 0 Å². The lowest BCUT2D eigenvalue weighted by Gasteiger charge is -2.24. The van der Waals surface area contributed by atoms with Crippen molar-refractivity contribution in [2.45, 2.75) is 45.7 Å². The van der Waals surface area contributed by atoms with Crippen molar-refractivity contribution < 1.29 is 0 Å². The van der Waals surface area contributed by atoms with Crippen molar-refractivity contribution >= 4 is 0 Å². The molecule has 1 aliphatic rings. The molecule has 1 unspecified atom stereocenters. The van der Waals surface area contributed by atoms with Gasteiger partial charge in [-0.2, -0.15) is 0 Å². The molecular formula is C14H24N4. The van der Waals surface area contributed by atoms with E-state index in [-0.39, 0.29) is 0 Å². The Labute approximate surface area is 110 Å². The molecular weight excluding hydrogens is 224 g/mol. The summed E-state index contributed by atoms with van der Waals surface area (Å²) in [4.78, 5) is 2.37. The van der Waals surface area contributed by atoms with Gasteiger partial charge in [0.25, 0.3) is 0 Å². The van der Waals surface area contributed by atoms with E-state index in [0.29, 0.717) is 6.04 Å². The highest BCUT2D eigenvalue weighted by Gasteiger charge is 2.15. The summed E-state index contributed by atoms with van der Waals surface area (Å²) < 4.78 is 2.15. The van der Waals surface area contributed by atoms with Gasteiger partial charge < -0.3 is 4.57 Å². The molecule has 18 heavy (non-hydrogen) atoms. The maximum Gasteiger partial charge on any atom is 0.147 e. The van der Waals surface area contributed by atoms with Crippen LogP contribution in [0.3, 0.4) is 0 Å². The Hall–Kier alpha value is -1.16. The molecule has 4 nitrogen and oxygen atoms in total. The van der Waals surface area contributed by atoms with Crippen molar-refractivity contribution in [1.29, 1.82) is 0 Å². The largest absolute Gasteiger partial charge is 0.314 e. The maximum absolute atomic E-state index is 4.23. The van der Waals surface area contributed by atoms with Crippen LogP contribution in [0.5, 0.6) is 0 Å². The van der Waals surface area contributed by atoms with Gasteiger partial charge in [-0.05, 0) is 46.1 Å². The molecule has 100 valence electrons. The van der Waals surface area contributed by atoms with E-state index < -0.39 is 0 Å². The highest BCUT2D eigenvalue weighted by molar-refractivity contribution is 4.92. The second kappa shape index (κ2) is 6.14. The summed E-state index contributed by atoms with van der Waals surface area (Å²) in [5, 5.41) is 8.25. The van der Waals surface area contributed by atoms with Crippen LogP contribution < -0.4 is 0 Å². The normalized spacial score (nSPS) is 19.9. The molecule has 0 bridgehead atoms. The third-order valence-corrected chi connectivity index (χ3v) is 3.56. The molecule has 0 radical (unpaired) electrons. The van der Waals surface area contributed by atoms with Crippen LogP contribution in [-0.2, 0) is 6.54 Å². The van der Waals surface area contributed by atoms with E-state index >= 15 is 0 Å². The van der Waals surface area contributed by atoms with Gasteiger partial charge in [0.2, 0.25) is 0 Å². The highest BCUT2D eigenvalue weighted by Crippen LogP contribution is 2.19. The van der Waals surface area contributed by atoms with Gasteiger partial charge in [-0.25, -0.2) is 0 Å². The van der Waals surface area contributed by atoms with Crippen LogP contribution in [0.15, 0.2) is 18.5 Å². The average molecular weight is 248 g/mol. The number of rotatable bonds is 5. The van der Waals surface area contributed by atoms with Gasteiger partial charge in [0.15, 0.2) is 0 Å². The molecule has 1 aliphatic carbocycles. The topological polar surface area (TPSA) is 34.0 Å². The van der Waals surface area contributed by atoms with E-state index in [1.54, 1.807) is 0 Å². The number of hydrogen-bond donors (Lipinski definition) is 0. The van der Waals surface area contributed by atoms with E-state index in [0.717, 1.165) is 24.8 Å². The van der Waals surface area contributed by atoms with Crippen molar-refractivity contribution in [3.63, 3.8) is 0 Å². The SMILES string of the molecule is CC(C)n1cnnc1CN(C)CC1CC=CCC1. The predicted molar refractivity (Wildman–Crippen MR) is 73.2 cm³/mol. The number of allylic oxidation sites excluding steroid dienone is 2. The molecule has 1 aromatic rings. The molecule has 0 N–H and O–H groups in total. The third kappa shape index (κ3) is 3.42. The minimum absolute atomic E-state index is 0.431. The number of aromatic nitrogens is 3. The van der Waals surface area contributed by atoms with Crippen LogP contribution >= 0.6 is 0 Å². The molecule has 0 amide bonds. The van der Waals surface area contributed by atoms with Gasteiger partial charge in [0, 0.05) is 12.6 Å². The van der Waals surface area contributed by atoms with Crippen LogP contribution in [0.2, 0.25) is 0 Å². The minimum atomic E-state index is 0.431. The van der Waals surface area contributed by atoms with Crippen molar-refractivity contribution in [3.05, 3.63) is 24.3 Å². The summed E-state index contributed by atoms with van der Waals surface area (Å²) in [5.41, 5.74) is 0. The fourth-order valence-electron chi connectivity index (χ4n) is 2.58. The van der Waals surface area contributed by atoms with E-state index in [2.05, 4.69) is 52.7 Å². The van der Waals surface area contributed by atoms with E-state index in [1.165, 1.54) is 19.3 Å². The molecule has 0 fully saturated rings. The Bertz CT molecular complexity index is 394. The molecule has 2 rings (SSSR count). The van der Waals surface area contributed by atoms with Crippen molar-refractivity contribution in [3.8, 4) is 0 Å². The smallest absolute Gasteiger partial charge is 0.147 e. The van der Waals surface area contributed by atoms with Crippen LogP contribution in [-0.4, -0.2) is 33.3 Å².